The van der Waals surface area contributed by atoms with Gasteiger partial charge < -0.3 is 10.2 Å². The maximum atomic E-state index is 13.5. The maximum absolute atomic E-state index is 13.5. The summed E-state index contributed by atoms with van der Waals surface area (Å²) >= 11 is 0. The van der Waals surface area contributed by atoms with Crippen LogP contribution in [0.5, 0.6) is 0 Å². The van der Waals surface area contributed by atoms with E-state index in [9.17, 15) is 18.0 Å². The molecule has 1 aliphatic heterocycles. The number of alkyl halides is 3. The number of hydrogen-bond acceptors (Lipinski definition) is 6. The molecule has 2 saturated carbocycles. The first-order chi connectivity index (χ1) is 15.4. The SMILES string of the molecule is O=C(c1ccccc1-n1nccn1)N1CC2CC23CC(Nc2ncc(C(F)(F)F)cn2)C13. The summed E-state index contributed by atoms with van der Waals surface area (Å²) in [6.07, 6.45) is 2.08. The maximum Gasteiger partial charge on any atom is 0.419 e. The molecule has 1 spiro atoms. The summed E-state index contributed by atoms with van der Waals surface area (Å²) in [7, 11) is 0. The summed E-state index contributed by atoms with van der Waals surface area (Å²) in [6, 6.07) is 7.03. The molecule has 0 radical (unpaired) electrons. The molecule has 1 N–H and O–H groups in total. The summed E-state index contributed by atoms with van der Waals surface area (Å²) in [5.41, 5.74) is 0.318. The van der Waals surface area contributed by atoms with Crippen LogP contribution in [0, 0.1) is 11.3 Å². The number of rotatable bonds is 4. The highest BCUT2D eigenvalue weighted by molar-refractivity contribution is 5.98. The Kier molecular flexibility index (Phi) is 3.90. The standard InChI is InChI=1S/C21H18F3N7O/c22-21(23,24)13-9-25-19(26-10-13)29-15-8-20-7-12(20)11-30(17(15)20)18(32)14-3-1-2-4-16(14)31-27-5-6-28-31/h1-6,9-10,12,15,17H,7-8,11H2,(H,25,26,29). The van der Waals surface area contributed by atoms with E-state index in [2.05, 4.69) is 25.5 Å². The molecule has 164 valence electrons. The van der Waals surface area contributed by atoms with Gasteiger partial charge in [0, 0.05) is 18.9 Å². The number of piperidine rings is 1. The number of hydrogen-bond donors (Lipinski definition) is 1. The van der Waals surface area contributed by atoms with Gasteiger partial charge >= 0.3 is 6.18 Å². The van der Waals surface area contributed by atoms with Gasteiger partial charge in [0.2, 0.25) is 5.95 Å². The van der Waals surface area contributed by atoms with Crippen molar-refractivity contribution in [3.8, 4) is 5.69 Å². The number of halogens is 3. The van der Waals surface area contributed by atoms with Crippen molar-refractivity contribution in [2.24, 2.45) is 11.3 Å². The molecule has 6 rings (SSSR count). The van der Waals surface area contributed by atoms with Crippen molar-refractivity contribution in [2.45, 2.75) is 31.1 Å². The van der Waals surface area contributed by atoms with Crippen molar-refractivity contribution < 1.29 is 18.0 Å². The molecule has 2 aromatic heterocycles. The summed E-state index contributed by atoms with van der Waals surface area (Å²) in [5, 5.41) is 11.4. The Morgan fingerprint density at radius 1 is 1.09 bits per heavy atom. The predicted molar refractivity (Wildman–Crippen MR) is 106 cm³/mol. The van der Waals surface area contributed by atoms with E-state index in [0.29, 0.717) is 23.7 Å². The van der Waals surface area contributed by atoms with Gasteiger partial charge in [-0.1, -0.05) is 12.1 Å². The Bertz CT molecular complexity index is 1180. The van der Waals surface area contributed by atoms with Crippen LogP contribution in [0.1, 0.15) is 28.8 Å². The first-order valence-electron chi connectivity index (χ1n) is 10.3. The lowest BCUT2D eigenvalue weighted by molar-refractivity contribution is -0.138. The number of aromatic nitrogens is 5. The average molecular weight is 441 g/mol. The third-order valence-electron chi connectivity index (χ3n) is 6.93. The predicted octanol–water partition coefficient (Wildman–Crippen LogP) is 2.79. The van der Waals surface area contributed by atoms with Crippen molar-refractivity contribution in [1.82, 2.24) is 29.9 Å². The van der Waals surface area contributed by atoms with Gasteiger partial charge in [-0.25, -0.2) is 9.97 Å². The van der Waals surface area contributed by atoms with E-state index in [1.165, 1.54) is 4.80 Å². The molecule has 0 bridgehead atoms. The lowest BCUT2D eigenvalue weighted by Gasteiger charge is -2.48. The molecule has 3 heterocycles. The minimum atomic E-state index is -4.48. The normalized spacial score (nSPS) is 28.0. The molecule has 4 atom stereocenters. The molecule has 1 amide bonds. The Hall–Kier alpha value is -3.50. The molecular weight excluding hydrogens is 423 g/mol. The summed E-state index contributed by atoms with van der Waals surface area (Å²) in [5.74, 6) is 0.489. The zero-order chi connectivity index (χ0) is 22.1. The Morgan fingerprint density at radius 3 is 2.53 bits per heavy atom. The first kappa shape index (κ1) is 19.2. The average Bonchev–Trinajstić information content (AvgIpc) is 3.14. The molecule has 3 aromatic rings. The van der Waals surface area contributed by atoms with E-state index < -0.39 is 11.7 Å². The van der Waals surface area contributed by atoms with E-state index >= 15 is 0 Å². The minimum Gasteiger partial charge on any atom is -0.349 e. The lowest BCUT2D eigenvalue weighted by Crippen LogP contribution is -2.60. The molecule has 4 unspecified atom stereocenters. The fraction of sp³-hybridized carbons (Fsp3) is 0.381. The molecule has 1 saturated heterocycles. The highest BCUT2D eigenvalue weighted by Crippen LogP contribution is 2.71. The van der Waals surface area contributed by atoms with E-state index in [1.54, 1.807) is 30.6 Å². The van der Waals surface area contributed by atoms with Crippen molar-refractivity contribution in [2.75, 3.05) is 11.9 Å². The third kappa shape index (κ3) is 2.80. The Balaban J connectivity index is 1.24. The number of carbonyl (C=O) groups is 1. The fourth-order valence-corrected chi connectivity index (χ4v) is 5.40. The van der Waals surface area contributed by atoms with Crippen LogP contribution in [-0.2, 0) is 6.18 Å². The summed E-state index contributed by atoms with van der Waals surface area (Å²) < 4.78 is 38.3. The zero-order valence-corrected chi connectivity index (χ0v) is 16.7. The van der Waals surface area contributed by atoms with Crippen LogP contribution in [0.4, 0.5) is 19.1 Å². The van der Waals surface area contributed by atoms with Crippen LogP contribution in [0.3, 0.4) is 0 Å². The number of nitrogens with one attached hydrogen (secondary N) is 1. The first-order valence-corrected chi connectivity index (χ1v) is 10.3. The van der Waals surface area contributed by atoms with Gasteiger partial charge in [0.15, 0.2) is 0 Å². The minimum absolute atomic E-state index is 0.0514. The summed E-state index contributed by atoms with van der Waals surface area (Å²) in [4.78, 5) is 24.5. The van der Waals surface area contributed by atoms with E-state index in [-0.39, 0.29) is 29.4 Å². The quantitative estimate of drug-likeness (QED) is 0.670. The van der Waals surface area contributed by atoms with Gasteiger partial charge in [-0.2, -0.15) is 28.2 Å². The molecule has 3 fully saturated rings. The van der Waals surface area contributed by atoms with Gasteiger partial charge in [-0.05, 0) is 36.3 Å². The highest BCUT2D eigenvalue weighted by Gasteiger charge is 2.75. The molecule has 32 heavy (non-hydrogen) atoms. The van der Waals surface area contributed by atoms with Crippen molar-refractivity contribution >= 4 is 11.9 Å². The molecule has 1 aromatic carbocycles. The number of para-hydroxylation sites is 1. The van der Waals surface area contributed by atoms with Crippen LogP contribution < -0.4 is 5.32 Å². The second-order valence-electron chi connectivity index (χ2n) is 8.62. The number of carbonyl (C=O) groups excluding carboxylic acids is 1. The Morgan fingerprint density at radius 2 is 1.81 bits per heavy atom. The largest absolute Gasteiger partial charge is 0.419 e. The van der Waals surface area contributed by atoms with E-state index in [4.69, 9.17) is 0 Å². The number of nitrogens with zero attached hydrogens (tertiary/aromatic N) is 6. The van der Waals surface area contributed by atoms with Crippen LogP contribution in [0.15, 0.2) is 49.1 Å². The van der Waals surface area contributed by atoms with Gasteiger partial charge in [-0.3, -0.25) is 4.79 Å². The molecule has 3 aliphatic rings. The number of anilines is 1. The molecule has 11 heteroatoms. The van der Waals surface area contributed by atoms with Crippen LogP contribution in [-0.4, -0.2) is 54.4 Å². The summed E-state index contributed by atoms with van der Waals surface area (Å²) in [6.45, 7) is 0.663. The van der Waals surface area contributed by atoms with Gasteiger partial charge in [-0.15, -0.1) is 0 Å². The molecule has 8 nitrogen and oxygen atoms in total. The van der Waals surface area contributed by atoms with E-state index in [0.717, 1.165) is 25.2 Å². The second kappa shape index (κ2) is 6.50. The van der Waals surface area contributed by atoms with Gasteiger partial charge in [0.1, 0.15) is 0 Å². The number of likely N-dealkylation sites (tertiary alicyclic amines) is 1. The number of benzene rings is 1. The van der Waals surface area contributed by atoms with Crippen molar-refractivity contribution in [1.29, 1.82) is 0 Å². The second-order valence-corrected chi connectivity index (χ2v) is 8.62. The van der Waals surface area contributed by atoms with Gasteiger partial charge in [0.05, 0.1) is 41.3 Å². The monoisotopic (exact) mass is 441 g/mol. The smallest absolute Gasteiger partial charge is 0.349 e. The van der Waals surface area contributed by atoms with E-state index in [1.807, 2.05) is 11.0 Å². The molecule has 2 aliphatic carbocycles. The highest BCUT2D eigenvalue weighted by atomic mass is 19.4. The van der Waals surface area contributed by atoms with Gasteiger partial charge in [0.25, 0.3) is 5.91 Å². The lowest BCUT2D eigenvalue weighted by atomic mass is 9.71. The third-order valence-corrected chi connectivity index (χ3v) is 6.93. The zero-order valence-electron chi connectivity index (χ0n) is 16.7. The van der Waals surface area contributed by atoms with Crippen molar-refractivity contribution in [3.05, 3.63) is 60.2 Å². The Labute approximate surface area is 180 Å². The number of amides is 1. The topological polar surface area (TPSA) is 88.8 Å². The van der Waals surface area contributed by atoms with Crippen LogP contribution in [0.25, 0.3) is 5.69 Å². The van der Waals surface area contributed by atoms with Crippen LogP contribution >= 0.6 is 0 Å². The molecular formula is C21H18F3N7O. The van der Waals surface area contributed by atoms with Crippen LogP contribution in [0.2, 0.25) is 0 Å². The van der Waals surface area contributed by atoms with Crippen molar-refractivity contribution in [3.63, 3.8) is 0 Å². The fourth-order valence-electron chi connectivity index (χ4n) is 5.40.